The molecule has 5 unspecified atom stereocenters. The molecule has 4 fully saturated rings. The first-order valence-corrected chi connectivity index (χ1v) is 6.06. The van der Waals surface area contributed by atoms with Crippen molar-refractivity contribution in [1.29, 1.82) is 0 Å². The third-order valence-electron chi connectivity index (χ3n) is 4.47. The second kappa shape index (κ2) is 1.97. The summed E-state index contributed by atoms with van der Waals surface area (Å²) in [7, 11) is 0. The number of ketones is 1. The van der Waals surface area contributed by atoms with E-state index in [9.17, 15) is 9.90 Å². The van der Waals surface area contributed by atoms with Gasteiger partial charge in [0.25, 0.3) is 0 Å². The minimum atomic E-state index is -0.358. The van der Waals surface area contributed by atoms with Gasteiger partial charge in [-0.2, -0.15) is 0 Å². The molecule has 2 bridgehead atoms. The molecule has 4 aliphatic carbocycles. The first-order valence-electron chi connectivity index (χ1n) is 4.90. The fraction of sp³-hybridized carbons (Fsp3) is 0.889. The van der Waals surface area contributed by atoms with E-state index in [1.807, 2.05) is 0 Å². The smallest absolute Gasteiger partial charge is 0.221 e. The Labute approximate surface area is 79.8 Å². The lowest BCUT2D eigenvalue weighted by atomic mass is 9.68. The van der Waals surface area contributed by atoms with Gasteiger partial charge in [0.1, 0.15) is 5.78 Å². The molecule has 0 radical (unpaired) electrons. The molecule has 64 valence electrons. The maximum atomic E-state index is 11.5. The average Bonchev–Trinajstić information content (AvgIpc) is 2.60. The zero-order chi connectivity index (χ0) is 8.51. The van der Waals surface area contributed by atoms with Crippen molar-refractivity contribution in [3.63, 3.8) is 0 Å². The van der Waals surface area contributed by atoms with Crippen molar-refractivity contribution >= 4 is 22.1 Å². The SMILES string of the molecule is O=C1CC2CCC1C1[CH]([AlH2])C21O. The Bertz CT molecular complexity index is 261. The van der Waals surface area contributed by atoms with E-state index in [-0.39, 0.29) is 11.5 Å². The van der Waals surface area contributed by atoms with Gasteiger partial charge in [0.2, 0.25) is 16.3 Å². The largest absolute Gasteiger partial charge is 0.390 e. The lowest BCUT2D eigenvalue weighted by Gasteiger charge is -2.38. The fourth-order valence-electron chi connectivity index (χ4n) is 3.73. The highest BCUT2D eigenvalue weighted by molar-refractivity contribution is 6.16. The van der Waals surface area contributed by atoms with Crippen LogP contribution in [0.25, 0.3) is 0 Å². The minimum absolute atomic E-state index is 0.252. The van der Waals surface area contributed by atoms with E-state index in [2.05, 4.69) is 0 Å². The molecule has 4 aliphatic rings. The zero-order valence-corrected chi connectivity index (χ0v) is 9.29. The van der Waals surface area contributed by atoms with Crippen molar-refractivity contribution in [3.8, 4) is 0 Å². The van der Waals surface area contributed by atoms with Crippen molar-refractivity contribution < 1.29 is 9.90 Å². The number of hydrogen-bond donors (Lipinski definition) is 1. The maximum absolute atomic E-state index is 11.5. The second-order valence-electron chi connectivity index (χ2n) is 4.75. The van der Waals surface area contributed by atoms with E-state index >= 15 is 0 Å². The average molecular weight is 180 g/mol. The summed E-state index contributed by atoms with van der Waals surface area (Å²) >= 11 is 1.07. The molecule has 0 aromatic rings. The van der Waals surface area contributed by atoms with Crippen LogP contribution >= 0.6 is 0 Å². The van der Waals surface area contributed by atoms with Gasteiger partial charge in [-0.25, -0.2) is 0 Å². The van der Waals surface area contributed by atoms with Crippen molar-refractivity contribution in [2.45, 2.75) is 29.6 Å². The van der Waals surface area contributed by atoms with Gasteiger partial charge in [-0.15, -0.1) is 0 Å². The molecule has 0 saturated heterocycles. The molecular formula is C9H13AlO2. The molecule has 0 heterocycles. The predicted octanol–water partition coefficient (Wildman–Crippen LogP) is -0.232. The predicted molar refractivity (Wildman–Crippen MR) is 46.6 cm³/mol. The molecule has 0 aliphatic heterocycles. The van der Waals surface area contributed by atoms with Gasteiger partial charge < -0.3 is 5.11 Å². The van der Waals surface area contributed by atoms with Gasteiger partial charge in [-0.05, 0) is 24.7 Å². The van der Waals surface area contributed by atoms with Gasteiger partial charge in [0.15, 0.2) is 0 Å². The molecule has 4 rings (SSSR count). The highest BCUT2D eigenvalue weighted by atomic mass is 27.0. The Morgan fingerprint density at radius 2 is 2.25 bits per heavy atom. The van der Waals surface area contributed by atoms with Crippen LogP contribution in [0.15, 0.2) is 0 Å². The van der Waals surface area contributed by atoms with Crippen LogP contribution in [0, 0.1) is 17.8 Å². The van der Waals surface area contributed by atoms with E-state index < -0.39 is 0 Å². The van der Waals surface area contributed by atoms with Crippen molar-refractivity contribution in [2.24, 2.45) is 17.8 Å². The summed E-state index contributed by atoms with van der Waals surface area (Å²) in [4.78, 5) is 11.5. The van der Waals surface area contributed by atoms with Crippen LogP contribution in [0.5, 0.6) is 0 Å². The zero-order valence-electron chi connectivity index (χ0n) is 7.29. The monoisotopic (exact) mass is 180 g/mol. The lowest BCUT2D eigenvalue weighted by molar-refractivity contribution is -0.135. The number of Topliss-reactive ketones (excluding diaryl/α,β-unsaturated/α-hetero) is 1. The first-order chi connectivity index (χ1) is 5.65. The molecule has 0 amide bonds. The molecule has 0 aromatic carbocycles. The molecule has 0 aromatic heterocycles. The molecule has 1 N–H and O–H groups in total. The maximum Gasteiger partial charge on any atom is 0.221 e. The van der Waals surface area contributed by atoms with E-state index in [1.54, 1.807) is 0 Å². The molecule has 12 heavy (non-hydrogen) atoms. The topological polar surface area (TPSA) is 37.3 Å². The summed E-state index contributed by atoms with van der Waals surface area (Å²) in [5.74, 6) is 1.42. The summed E-state index contributed by atoms with van der Waals surface area (Å²) in [6.07, 6.45) is 2.84. The standard InChI is InChI=1S/C9H11O2.Al.2H/c10-8-3-5-1-2-6(8)7-4-9(5,7)11;;;/h4-7,11H,1-3H2;;;. The van der Waals surface area contributed by atoms with Gasteiger partial charge >= 0.3 is 0 Å². The normalized spacial score (nSPS) is 61.6. The number of aliphatic hydroxyl groups is 1. The van der Waals surface area contributed by atoms with Crippen molar-refractivity contribution in [1.82, 2.24) is 0 Å². The van der Waals surface area contributed by atoms with Crippen molar-refractivity contribution in [3.05, 3.63) is 0 Å². The van der Waals surface area contributed by atoms with Gasteiger partial charge in [0, 0.05) is 12.3 Å². The Morgan fingerprint density at radius 1 is 1.50 bits per heavy atom. The van der Waals surface area contributed by atoms with E-state index in [0.29, 0.717) is 28.8 Å². The van der Waals surface area contributed by atoms with Crippen LogP contribution in [-0.2, 0) is 4.79 Å². The van der Waals surface area contributed by atoms with Crippen LogP contribution in [0.3, 0.4) is 0 Å². The fourth-order valence-corrected chi connectivity index (χ4v) is 5.39. The Balaban J connectivity index is 2.03. The third-order valence-corrected chi connectivity index (χ3v) is 6.11. The third kappa shape index (κ3) is 0.618. The van der Waals surface area contributed by atoms with E-state index in [1.165, 1.54) is 0 Å². The minimum Gasteiger partial charge on any atom is -0.390 e. The number of carbonyl (C=O) groups excluding carboxylic acids is 1. The Kier molecular flexibility index (Phi) is 1.24. The summed E-state index contributed by atoms with van der Waals surface area (Å²) in [6, 6.07) is 0. The van der Waals surface area contributed by atoms with Gasteiger partial charge in [-0.3, -0.25) is 4.79 Å². The highest BCUT2D eigenvalue weighted by Gasteiger charge is 2.72. The van der Waals surface area contributed by atoms with Crippen molar-refractivity contribution in [2.75, 3.05) is 0 Å². The first kappa shape index (κ1) is 7.56. The van der Waals surface area contributed by atoms with E-state index in [4.69, 9.17) is 0 Å². The molecule has 4 saturated carbocycles. The Hall–Kier alpha value is 0.162. The van der Waals surface area contributed by atoms with Crippen LogP contribution in [0.2, 0.25) is 4.78 Å². The van der Waals surface area contributed by atoms with Crippen LogP contribution in [0.1, 0.15) is 19.3 Å². The number of fused-ring (bicyclic) bond motifs is 2. The summed E-state index contributed by atoms with van der Waals surface area (Å²) in [5.41, 5.74) is -0.358. The van der Waals surface area contributed by atoms with Crippen LogP contribution in [0.4, 0.5) is 0 Å². The molecule has 5 atom stereocenters. The van der Waals surface area contributed by atoms with Crippen LogP contribution < -0.4 is 0 Å². The molecule has 0 spiro atoms. The lowest BCUT2D eigenvalue weighted by Crippen LogP contribution is -2.42. The van der Waals surface area contributed by atoms with E-state index in [0.717, 1.165) is 29.1 Å². The van der Waals surface area contributed by atoms with Gasteiger partial charge in [0.05, 0.1) is 5.60 Å². The molecular weight excluding hydrogens is 167 g/mol. The van der Waals surface area contributed by atoms with Gasteiger partial charge in [-0.1, -0.05) is 4.78 Å². The second-order valence-corrected chi connectivity index (χ2v) is 6.00. The Morgan fingerprint density at radius 3 is 2.75 bits per heavy atom. The number of hydrogen-bond acceptors (Lipinski definition) is 2. The molecule has 3 heteroatoms. The summed E-state index contributed by atoms with van der Waals surface area (Å²) in [5, 5.41) is 10.2. The summed E-state index contributed by atoms with van der Waals surface area (Å²) in [6.45, 7) is 0. The quantitative estimate of drug-likeness (QED) is 0.523. The summed E-state index contributed by atoms with van der Waals surface area (Å²) < 4.78 is 0.529. The number of carbonyl (C=O) groups is 1. The molecule has 2 nitrogen and oxygen atoms in total. The highest BCUT2D eigenvalue weighted by Crippen LogP contribution is 2.70. The van der Waals surface area contributed by atoms with Crippen LogP contribution in [-0.4, -0.2) is 32.8 Å². The number of rotatable bonds is 0.